The van der Waals surface area contributed by atoms with Crippen LogP contribution < -0.4 is 0 Å². The van der Waals surface area contributed by atoms with Crippen LogP contribution in [-0.4, -0.2) is 0 Å². The van der Waals surface area contributed by atoms with Crippen LogP contribution in [0.25, 0.3) is 0 Å². The molecule has 17 heavy (non-hydrogen) atoms. The van der Waals surface area contributed by atoms with Gasteiger partial charge in [-0.2, -0.15) is 5.26 Å². The van der Waals surface area contributed by atoms with Crippen LogP contribution >= 0.6 is 0 Å². The van der Waals surface area contributed by atoms with E-state index in [1.807, 2.05) is 0 Å². The zero-order valence-corrected chi connectivity index (χ0v) is 10.0. The van der Waals surface area contributed by atoms with Gasteiger partial charge in [0, 0.05) is 11.5 Å². The Morgan fingerprint density at radius 2 is 2.00 bits per heavy atom. The Morgan fingerprint density at radius 1 is 1.35 bits per heavy atom. The predicted molar refractivity (Wildman–Crippen MR) is 61.7 cm³/mol. The van der Waals surface area contributed by atoms with Gasteiger partial charge < -0.3 is 0 Å². The fourth-order valence-corrected chi connectivity index (χ4v) is 1.95. The normalized spacial score (nSPS) is 17.9. The Hall–Kier alpha value is -1.43. The standard InChI is InChI=1S/C14H15F2N/c1-10(2)14(15,16)12-5-3-4-11(8-12)13(9-17)6-7-13/h3-5,8,10H,6-7H2,1-2H3. The molecule has 0 radical (unpaired) electrons. The maximum Gasteiger partial charge on any atom is 0.275 e. The van der Waals surface area contributed by atoms with Gasteiger partial charge in [-0.15, -0.1) is 0 Å². The highest BCUT2D eigenvalue weighted by atomic mass is 19.3. The largest absolute Gasteiger partial charge is 0.275 e. The Kier molecular flexibility index (Phi) is 2.69. The number of nitrogens with zero attached hydrogens (tertiary/aromatic N) is 1. The van der Waals surface area contributed by atoms with Crippen LogP contribution in [0, 0.1) is 17.2 Å². The molecule has 0 saturated heterocycles. The van der Waals surface area contributed by atoms with E-state index < -0.39 is 17.3 Å². The van der Waals surface area contributed by atoms with Crippen molar-refractivity contribution < 1.29 is 8.78 Å². The van der Waals surface area contributed by atoms with Crippen LogP contribution in [0.4, 0.5) is 8.78 Å². The molecule has 0 amide bonds. The molecule has 2 rings (SSSR count). The van der Waals surface area contributed by atoms with Gasteiger partial charge >= 0.3 is 0 Å². The fourth-order valence-electron chi connectivity index (χ4n) is 1.95. The second-order valence-electron chi connectivity index (χ2n) is 5.05. The van der Waals surface area contributed by atoms with Gasteiger partial charge in [0.05, 0.1) is 11.5 Å². The van der Waals surface area contributed by atoms with Gasteiger partial charge in [-0.25, -0.2) is 8.78 Å². The first-order chi connectivity index (χ1) is 7.92. The molecule has 1 nitrogen and oxygen atoms in total. The van der Waals surface area contributed by atoms with E-state index >= 15 is 0 Å². The highest BCUT2D eigenvalue weighted by Crippen LogP contribution is 2.48. The lowest BCUT2D eigenvalue weighted by Crippen LogP contribution is -2.21. The number of nitriles is 1. The quantitative estimate of drug-likeness (QED) is 0.777. The molecule has 1 aliphatic carbocycles. The van der Waals surface area contributed by atoms with Crippen molar-refractivity contribution in [2.45, 2.75) is 38.0 Å². The zero-order chi connectivity index (χ0) is 12.7. The van der Waals surface area contributed by atoms with Crippen LogP contribution in [0.2, 0.25) is 0 Å². The van der Waals surface area contributed by atoms with Crippen molar-refractivity contribution in [3.8, 4) is 6.07 Å². The van der Waals surface area contributed by atoms with E-state index in [2.05, 4.69) is 6.07 Å². The van der Waals surface area contributed by atoms with E-state index in [4.69, 9.17) is 5.26 Å². The van der Waals surface area contributed by atoms with Gasteiger partial charge in [-0.3, -0.25) is 0 Å². The lowest BCUT2D eigenvalue weighted by molar-refractivity contribution is -0.0514. The van der Waals surface area contributed by atoms with E-state index in [0.29, 0.717) is 0 Å². The first-order valence-corrected chi connectivity index (χ1v) is 5.82. The van der Waals surface area contributed by atoms with Crippen LogP contribution in [-0.2, 0) is 11.3 Å². The minimum Gasteiger partial charge on any atom is -0.201 e. The summed E-state index contributed by atoms with van der Waals surface area (Å²) < 4.78 is 27.8. The summed E-state index contributed by atoms with van der Waals surface area (Å²) in [6.07, 6.45) is 1.56. The average molecular weight is 235 g/mol. The Labute approximate surface area is 100 Å². The van der Waals surface area contributed by atoms with Crippen molar-refractivity contribution in [1.29, 1.82) is 5.26 Å². The Balaban J connectivity index is 2.40. The SMILES string of the molecule is CC(C)C(F)(F)c1cccc(C2(C#N)CC2)c1. The maximum atomic E-state index is 13.9. The molecule has 1 aliphatic rings. The van der Waals surface area contributed by atoms with Gasteiger partial charge in [-0.05, 0) is 24.5 Å². The van der Waals surface area contributed by atoms with E-state index in [9.17, 15) is 8.78 Å². The summed E-state index contributed by atoms with van der Waals surface area (Å²) in [5.74, 6) is -3.57. The smallest absolute Gasteiger partial charge is 0.201 e. The minimum absolute atomic E-state index is 0.0199. The Morgan fingerprint density at radius 3 is 2.47 bits per heavy atom. The summed E-state index contributed by atoms with van der Waals surface area (Å²) >= 11 is 0. The summed E-state index contributed by atoms with van der Waals surface area (Å²) in [5.41, 5.74) is 0.257. The first kappa shape index (κ1) is 12.0. The molecular formula is C14H15F2N. The second kappa shape index (κ2) is 3.80. The molecule has 90 valence electrons. The molecule has 0 atom stereocenters. The number of halogens is 2. The van der Waals surface area contributed by atoms with Crippen molar-refractivity contribution in [2.24, 2.45) is 5.92 Å². The van der Waals surface area contributed by atoms with Crippen LogP contribution in [0.3, 0.4) is 0 Å². The van der Waals surface area contributed by atoms with Crippen molar-refractivity contribution in [2.75, 3.05) is 0 Å². The molecule has 1 fully saturated rings. The van der Waals surface area contributed by atoms with Gasteiger partial charge in [-0.1, -0.05) is 32.0 Å². The molecule has 0 spiro atoms. The molecule has 0 aliphatic heterocycles. The maximum absolute atomic E-state index is 13.9. The predicted octanol–water partition coefficient (Wildman–Crippen LogP) is 3.99. The highest BCUT2D eigenvalue weighted by molar-refractivity contribution is 5.41. The Bertz CT molecular complexity index is 467. The van der Waals surface area contributed by atoms with E-state index in [1.54, 1.807) is 12.1 Å². The van der Waals surface area contributed by atoms with Gasteiger partial charge in [0.1, 0.15) is 0 Å². The highest BCUT2D eigenvalue weighted by Gasteiger charge is 2.46. The summed E-state index contributed by atoms with van der Waals surface area (Å²) in [6, 6.07) is 8.57. The number of hydrogen-bond acceptors (Lipinski definition) is 1. The first-order valence-electron chi connectivity index (χ1n) is 5.82. The van der Waals surface area contributed by atoms with Crippen LogP contribution in [0.5, 0.6) is 0 Å². The van der Waals surface area contributed by atoms with Gasteiger partial charge in [0.2, 0.25) is 0 Å². The summed E-state index contributed by atoms with van der Waals surface area (Å²) in [6.45, 7) is 3.01. The molecular weight excluding hydrogens is 220 g/mol. The van der Waals surface area contributed by atoms with Crippen molar-refractivity contribution in [1.82, 2.24) is 0 Å². The van der Waals surface area contributed by atoms with Crippen molar-refractivity contribution in [3.05, 3.63) is 35.4 Å². The molecule has 0 unspecified atom stereocenters. The number of rotatable bonds is 3. The summed E-state index contributed by atoms with van der Waals surface area (Å²) in [4.78, 5) is 0. The van der Waals surface area contributed by atoms with Gasteiger partial charge in [0.25, 0.3) is 5.92 Å². The number of benzene rings is 1. The van der Waals surface area contributed by atoms with E-state index in [0.717, 1.165) is 18.4 Å². The fraction of sp³-hybridized carbons (Fsp3) is 0.500. The number of alkyl halides is 2. The molecule has 0 N–H and O–H groups in total. The van der Waals surface area contributed by atoms with E-state index in [-0.39, 0.29) is 5.56 Å². The summed E-state index contributed by atoms with van der Waals surface area (Å²) in [5, 5.41) is 9.08. The van der Waals surface area contributed by atoms with Gasteiger partial charge in [0.15, 0.2) is 0 Å². The molecule has 0 aromatic heterocycles. The van der Waals surface area contributed by atoms with Crippen molar-refractivity contribution in [3.63, 3.8) is 0 Å². The third-order valence-electron chi connectivity index (χ3n) is 3.49. The van der Waals surface area contributed by atoms with Crippen LogP contribution in [0.1, 0.15) is 37.8 Å². The average Bonchev–Trinajstić information content (AvgIpc) is 3.10. The third-order valence-corrected chi connectivity index (χ3v) is 3.49. The minimum atomic E-state index is -2.83. The lowest BCUT2D eigenvalue weighted by atomic mass is 9.91. The topological polar surface area (TPSA) is 23.8 Å². The lowest BCUT2D eigenvalue weighted by Gasteiger charge is -2.21. The third kappa shape index (κ3) is 1.93. The van der Waals surface area contributed by atoms with Crippen LogP contribution in [0.15, 0.2) is 24.3 Å². The molecule has 3 heteroatoms. The molecule has 0 bridgehead atoms. The van der Waals surface area contributed by atoms with Crippen molar-refractivity contribution >= 4 is 0 Å². The molecule has 1 aromatic rings. The monoisotopic (exact) mass is 235 g/mol. The summed E-state index contributed by atoms with van der Waals surface area (Å²) in [7, 11) is 0. The zero-order valence-electron chi connectivity index (χ0n) is 10.0. The molecule has 1 saturated carbocycles. The number of hydrogen-bond donors (Lipinski definition) is 0. The molecule has 0 heterocycles. The second-order valence-corrected chi connectivity index (χ2v) is 5.05. The molecule has 1 aromatic carbocycles. The van der Waals surface area contributed by atoms with E-state index in [1.165, 1.54) is 26.0 Å².